The van der Waals surface area contributed by atoms with Crippen LogP contribution in [0, 0.1) is 0 Å². The van der Waals surface area contributed by atoms with Crippen molar-refractivity contribution >= 4 is 17.9 Å². The van der Waals surface area contributed by atoms with E-state index in [1.807, 2.05) is 0 Å². The van der Waals surface area contributed by atoms with Crippen LogP contribution < -0.4 is 0 Å². The molecule has 0 aliphatic heterocycles. The summed E-state index contributed by atoms with van der Waals surface area (Å²) in [5.74, 6) is -0.960. The van der Waals surface area contributed by atoms with Crippen LogP contribution in [0.3, 0.4) is 0 Å². The second-order valence-electron chi connectivity index (χ2n) is 17.4. The van der Waals surface area contributed by atoms with Crippen molar-refractivity contribution in [1.82, 2.24) is 0 Å². The van der Waals surface area contributed by atoms with Crippen LogP contribution in [0.4, 0.5) is 0 Å². The van der Waals surface area contributed by atoms with Crippen LogP contribution in [0.1, 0.15) is 233 Å². The monoisotopic (exact) mass is 915 g/mol. The molecule has 0 fully saturated rings. The summed E-state index contributed by atoms with van der Waals surface area (Å²) in [6.07, 6.45) is 72.3. The predicted octanol–water partition coefficient (Wildman–Crippen LogP) is 17.9. The maximum absolute atomic E-state index is 12.8. The summed E-state index contributed by atoms with van der Waals surface area (Å²) in [4.78, 5) is 37.8. The Morgan fingerprint density at radius 2 is 0.591 bits per heavy atom. The number of unbranched alkanes of at least 4 members (excludes halogenated alkanes) is 18. The summed E-state index contributed by atoms with van der Waals surface area (Å²) >= 11 is 0. The molecule has 0 aliphatic rings. The van der Waals surface area contributed by atoms with Crippen LogP contribution in [-0.2, 0) is 28.6 Å². The van der Waals surface area contributed by atoms with Gasteiger partial charge in [0.05, 0.1) is 0 Å². The fourth-order valence-corrected chi connectivity index (χ4v) is 6.98. The van der Waals surface area contributed by atoms with Crippen molar-refractivity contribution in [2.24, 2.45) is 0 Å². The summed E-state index contributed by atoms with van der Waals surface area (Å²) in [7, 11) is 0. The lowest BCUT2D eigenvalue weighted by Gasteiger charge is -2.18. The first-order chi connectivity index (χ1) is 32.5. The van der Waals surface area contributed by atoms with E-state index in [4.69, 9.17) is 14.2 Å². The number of hydrogen-bond acceptors (Lipinski definition) is 6. The van der Waals surface area contributed by atoms with Gasteiger partial charge in [0.25, 0.3) is 0 Å². The highest BCUT2D eigenvalue weighted by atomic mass is 16.6. The molecule has 0 aliphatic carbocycles. The van der Waals surface area contributed by atoms with E-state index in [0.29, 0.717) is 19.3 Å². The smallest absolute Gasteiger partial charge is 0.306 e. The average Bonchev–Trinajstić information content (AvgIpc) is 3.31. The normalized spacial score (nSPS) is 13.0. The Labute approximate surface area is 406 Å². The highest BCUT2D eigenvalue weighted by Crippen LogP contribution is 2.13. The summed E-state index contributed by atoms with van der Waals surface area (Å²) in [6.45, 7) is 6.42. The quantitative estimate of drug-likeness (QED) is 0.0262. The SMILES string of the molecule is CC/C=C\C/C=C\C/C=C\C/C=C\C/C=C\C/C=C\C/C=C\C/C=C\CCCCC(=O)OCC(COC(=O)CCCCCCCCCC)OC(=O)CCCCCCC/C=C\CCCCCC. The van der Waals surface area contributed by atoms with Gasteiger partial charge in [-0.05, 0) is 109 Å². The first kappa shape index (κ1) is 62.1. The van der Waals surface area contributed by atoms with Crippen LogP contribution in [0.2, 0.25) is 0 Å². The summed E-state index contributed by atoms with van der Waals surface area (Å²) in [5, 5.41) is 0. The van der Waals surface area contributed by atoms with Crippen LogP contribution in [-0.4, -0.2) is 37.2 Å². The van der Waals surface area contributed by atoms with Gasteiger partial charge < -0.3 is 14.2 Å². The molecule has 1 atom stereocenters. The highest BCUT2D eigenvalue weighted by molar-refractivity contribution is 5.71. The number of esters is 3. The van der Waals surface area contributed by atoms with Crippen LogP contribution >= 0.6 is 0 Å². The highest BCUT2D eigenvalue weighted by Gasteiger charge is 2.19. The predicted molar refractivity (Wildman–Crippen MR) is 283 cm³/mol. The molecule has 6 nitrogen and oxygen atoms in total. The topological polar surface area (TPSA) is 78.9 Å². The molecule has 374 valence electrons. The first-order valence-corrected chi connectivity index (χ1v) is 26.9. The molecule has 6 heteroatoms. The zero-order valence-electron chi connectivity index (χ0n) is 42.7. The third kappa shape index (κ3) is 51.1. The van der Waals surface area contributed by atoms with Gasteiger partial charge >= 0.3 is 17.9 Å². The van der Waals surface area contributed by atoms with E-state index < -0.39 is 6.10 Å². The zero-order chi connectivity index (χ0) is 47.9. The molecule has 1 unspecified atom stereocenters. The van der Waals surface area contributed by atoms with Crippen molar-refractivity contribution in [2.75, 3.05) is 13.2 Å². The van der Waals surface area contributed by atoms with E-state index in [9.17, 15) is 14.4 Å². The molecule has 0 spiro atoms. The molecule has 0 radical (unpaired) electrons. The summed E-state index contributed by atoms with van der Waals surface area (Å²) < 4.78 is 16.7. The standard InChI is InChI=1S/C60H98O6/c1-4-7-10-13-16-19-21-23-24-25-26-27-28-29-30-31-32-33-34-35-36-38-39-41-44-47-50-53-59(62)65-56-57(55-64-58(61)52-49-46-43-18-15-12-9-6-3)66-60(63)54-51-48-45-42-40-37-22-20-17-14-11-8-5-2/h7,10,16,19-20,22-24,26-27,29-30,32-33,35-36,39,41,57H,4-6,8-9,11-15,17-18,21,25,28,31,34,37-38,40,42-56H2,1-3H3/b10-7-,19-16-,22-20-,24-23-,27-26-,30-29-,33-32-,36-35-,41-39-. The molecule has 0 aromatic rings. The van der Waals surface area contributed by atoms with Crippen LogP contribution in [0.5, 0.6) is 0 Å². The second kappa shape index (κ2) is 53.7. The number of hydrogen-bond donors (Lipinski definition) is 0. The summed E-state index contributed by atoms with van der Waals surface area (Å²) in [5.41, 5.74) is 0. The fourth-order valence-electron chi connectivity index (χ4n) is 6.98. The lowest BCUT2D eigenvalue weighted by atomic mass is 10.1. The molecule has 0 amide bonds. The van der Waals surface area contributed by atoms with Crippen LogP contribution in [0.25, 0.3) is 0 Å². The van der Waals surface area contributed by atoms with E-state index in [1.54, 1.807) is 0 Å². The molecule has 0 aromatic heterocycles. The minimum absolute atomic E-state index is 0.0956. The van der Waals surface area contributed by atoms with Gasteiger partial charge in [0.15, 0.2) is 6.10 Å². The Morgan fingerprint density at radius 1 is 0.318 bits per heavy atom. The van der Waals surface area contributed by atoms with Gasteiger partial charge in [0, 0.05) is 19.3 Å². The van der Waals surface area contributed by atoms with E-state index in [2.05, 4.69) is 130 Å². The Kier molecular flexibility index (Phi) is 50.5. The molecular formula is C60H98O6. The Hall–Kier alpha value is -3.93. The zero-order valence-corrected chi connectivity index (χ0v) is 42.7. The molecule has 0 heterocycles. The van der Waals surface area contributed by atoms with E-state index in [0.717, 1.165) is 122 Å². The van der Waals surface area contributed by atoms with Gasteiger partial charge in [-0.1, -0.05) is 214 Å². The maximum atomic E-state index is 12.8. The number of rotatable bonds is 47. The van der Waals surface area contributed by atoms with Crippen LogP contribution in [0.15, 0.2) is 109 Å². The minimum atomic E-state index is -0.798. The molecule has 66 heavy (non-hydrogen) atoms. The third-order valence-corrected chi connectivity index (χ3v) is 11.0. The molecule has 0 rings (SSSR count). The van der Waals surface area contributed by atoms with Gasteiger partial charge in [-0.3, -0.25) is 14.4 Å². The number of ether oxygens (including phenoxy) is 3. The Balaban J connectivity index is 4.33. The Morgan fingerprint density at radius 3 is 0.985 bits per heavy atom. The summed E-state index contributed by atoms with van der Waals surface area (Å²) in [6, 6.07) is 0. The third-order valence-electron chi connectivity index (χ3n) is 11.0. The lowest BCUT2D eigenvalue weighted by molar-refractivity contribution is -0.167. The lowest BCUT2D eigenvalue weighted by Crippen LogP contribution is -2.30. The van der Waals surface area contributed by atoms with Crippen molar-refractivity contribution in [3.63, 3.8) is 0 Å². The van der Waals surface area contributed by atoms with Crippen molar-refractivity contribution in [1.29, 1.82) is 0 Å². The van der Waals surface area contributed by atoms with E-state index >= 15 is 0 Å². The molecule has 0 saturated heterocycles. The van der Waals surface area contributed by atoms with Gasteiger partial charge in [-0.2, -0.15) is 0 Å². The van der Waals surface area contributed by atoms with Gasteiger partial charge in [-0.15, -0.1) is 0 Å². The minimum Gasteiger partial charge on any atom is -0.462 e. The number of allylic oxidation sites excluding steroid dienone is 18. The molecule has 0 bridgehead atoms. The molecular weight excluding hydrogens is 817 g/mol. The van der Waals surface area contributed by atoms with Crippen molar-refractivity contribution in [3.05, 3.63) is 109 Å². The van der Waals surface area contributed by atoms with Crippen molar-refractivity contribution < 1.29 is 28.6 Å². The average molecular weight is 915 g/mol. The van der Waals surface area contributed by atoms with Gasteiger partial charge in [0.1, 0.15) is 13.2 Å². The maximum Gasteiger partial charge on any atom is 0.306 e. The molecule has 0 saturated carbocycles. The Bertz CT molecular complexity index is 1370. The largest absolute Gasteiger partial charge is 0.462 e. The van der Waals surface area contributed by atoms with E-state index in [1.165, 1.54) is 70.6 Å². The fraction of sp³-hybridized carbons (Fsp3) is 0.650. The van der Waals surface area contributed by atoms with Crippen molar-refractivity contribution in [2.45, 2.75) is 239 Å². The molecule has 0 aromatic carbocycles. The number of carbonyl (C=O) groups is 3. The second-order valence-corrected chi connectivity index (χ2v) is 17.4. The van der Waals surface area contributed by atoms with Gasteiger partial charge in [0.2, 0.25) is 0 Å². The molecule has 0 N–H and O–H groups in total. The van der Waals surface area contributed by atoms with Gasteiger partial charge in [-0.25, -0.2) is 0 Å². The van der Waals surface area contributed by atoms with Crippen molar-refractivity contribution in [3.8, 4) is 0 Å². The van der Waals surface area contributed by atoms with E-state index in [-0.39, 0.29) is 31.1 Å². The number of carbonyl (C=O) groups excluding carboxylic acids is 3. The first-order valence-electron chi connectivity index (χ1n) is 26.9.